The van der Waals surface area contributed by atoms with Crippen LogP contribution in [0.5, 0.6) is 0 Å². The molecule has 0 atom stereocenters. The number of hydrogen-bond donors (Lipinski definition) is 2. The number of halogens is 1. The van der Waals surface area contributed by atoms with Gasteiger partial charge in [-0.3, -0.25) is 4.79 Å². The van der Waals surface area contributed by atoms with Crippen LogP contribution in [0.4, 0.5) is 10.1 Å². The Kier molecular flexibility index (Phi) is 3.59. The Morgan fingerprint density at radius 3 is 2.90 bits per heavy atom. The summed E-state index contributed by atoms with van der Waals surface area (Å²) < 4.78 is 19.5. The number of benzene rings is 1. The van der Waals surface area contributed by atoms with Crippen molar-refractivity contribution in [3.05, 3.63) is 28.9 Å². The van der Waals surface area contributed by atoms with Crippen LogP contribution in [0.15, 0.2) is 18.2 Å². The van der Waals surface area contributed by atoms with Crippen molar-refractivity contribution in [2.75, 3.05) is 19.4 Å². The van der Waals surface area contributed by atoms with Gasteiger partial charge >= 0.3 is 0 Å². The van der Waals surface area contributed by atoms with Gasteiger partial charge in [0.2, 0.25) is 0 Å². The molecular weight excluding hydrogens is 291 g/mol. The fourth-order valence-electron chi connectivity index (χ4n) is 2.60. The SMILES string of the molecule is COC1(CNC(=O)c2sc3ccc(F)cc3c2N)CCC1. The average molecular weight is 308 g/mol. The van der Waals surface area contributed by atoms with Gasteiger partial charge in [-0.1, -0.05) is 0 Å². The maximum atomic E-state index is 13.3. The molecule has 1 saturated carbocycles. The number of carbonyl (C=O) groups is 1. The van der Waals surface area contributed by atoms with Crippen molar-refractivity contribution in [1.82, 2.24) is 5.32 Å². The quantitative estimate of drug-likeness (QED) is 0.913. The van der Waals surface area contributed by atoms with Crippen LogP contribution in [0, 0.1) is 5.82 Å². The van der Waals surface area contributed by atoms with Crippen LogP contribution in [0.3, 0.4) is 0 Å². The molecule has 1 aromatic carbocycles. The molecule has 0 bridgehead atoms. The van der Waals surface area contributed by atoms with Gasteiger partial charge < -0.3 is 15.8 Å². The average Bonchev–Trinajstić information content (AvgIpc) is 2.75. The van der Waals surface area contributed by atoms with E-state index in [1.54, 1.807) is 13.2 Å². The van der Waals surface area contributed by atoms with Crippen LogP contribution in [0.2, 0.25) is 0 Å². The summed E-state index contributed by atoms with van der Waals surface area (Å²) in [5, 5.41) is 3.47. The third-order valence-electron chi connectivity index (χ3n) is 4.16. The molecule has 0 unspecified atom stereocenters. The number of nitrogen functional groups attached to an aromatic ring is 1. The molecule has 6 heteroatoms. The number of nitrogens with two attached hydrogens (primary N) is 1. The van der Waals surface area contributed by atoms with E-state index in [1.807, 2.05) is 0 Å². The molecule has 0 saturated heterocycles. The first-order valence-corrected chi connectivity index (χ1v) is 7.67. The molecule has 0 aliphatic heterocycles. The number of amides is 1. The lowest BCUT2D eigenvalue weighted by Crippen LogP contribution is -2.49. The lowest BCUT2D eigenvalue weighted by Gasteiger charge is -2.40. The number of thiophene rings is 1. The third-order valence-corrected chi connectivity index (χ3v) is 5.35. The fraction of sp³-hybridized carbons (Fsp3) is 0.400. The van der Waals surface area contributed by atoms with Crippen molar-refractivity contribution >= 4 is 33.0 Å². The van der Waals surface area contributed by atoms with Crippen molar-refractivity contribution in [1.29, 1.82) is 0 Å². The molecule has 1 heterocycles. The second-order valence-corrected chi connectivity index (χ2v) is 6.46. The van der Waals surface area contributed by atoms with Crippen molar-refractivity contribution < 1.29 is 13.9 Å². The highest BCUT2D eigenvalue weighted by Crippen LogP contribution is 2.36. The highest BCUT2D eigenvalue weighted by Gasteiger charge is 2.37. The van der Waals surface area contributed by atoms with Crippen LogP contribution < -0.4 is 11.1 Å². The van der Waals surface area contributed by atoms with Gasteiger partial charge in [-0.2, -0.15) is 0 Å². The number of fused-ring (bicyclic) bond motifs is 1. The predicted molar refractivity (Wildman–Crippen MR) is 82.1 cm³/mol. The highest BCUT2D eigenvalue weighted by molar-refractivity contribution is 7.21. The normalized spacial score (nSPS) is 16.7. The van der Waals surface area contributed by atoms with E-state index in [4.69, 9.17) is 10.5 Å². The smallest absolute Gasteiger partial charge is 0.263 e. The number of nitrogens with one attached hydrogen (secondary N) is 1. The number of hydrogen-bond acceptors (Lipinski definition) is 4. The number of methoxy groups -OCH3 is 1. The molecule has 3 rings (SSSR count). The summed E-state index contributed by atoms with van der Waals surface area (Å²) in [4.78, 5) is 12.7. The molecule has 1 fully saturated rings. The number of carbonyl (C=O) groups excluding carboxylic acids is 1. The molecule has 1 aromatic heterocycles. The molecule has 0 spiro atoms. The Hall–Kier alpha value is -1.66. The maximum Gasteiger partial charge on any atom is 0.263 e. The van der Waals surface area contributed by atoms with Crippen LogP contribution in [0.1, 0.15) is 28.9 Å². The maximum absolute atomic E-state index is 13.3. The van der Waals surface area contributed by atoms with Crippen LogP contribution in [-0.2, 0) is 4.74 Å². The number of ether oxygens (including phenoxy) is 1. The largest absolute Gasteiger partial charge is 0.397 e. The molecule has 1 aliphatic rings. The zero-order chi connectivity index (χ0) is 15.0. The number of anilines is 1. The minimum atomic E-state index is -0.355. The summed E-state index contributed by atoms with van der Waals surface area (Å²) in [7, 11) is 1.67. The van der Waals surface area contributed by atoms with E-state index in [1.165, 1.54) is 23.5 Å². The lowest BCUT2D eigenvalue weighted by molar-refractivity contribution is -0.0679. The van der Waals surface area contributed by atoms with Gasteiger partial charge in [0.05, 0.1) is 11.3 Å². The molecule has 4 nitrogen and oxygen atoms in total. The van der Waals surface area contributed by atoms with E-state index in [0.29, 0.717) is 22.5 Å². The van der Waals surface area contributed by atoms with E-state index in [-0.39, 0.29) is 17.3 Å². The molecule has 1 aliphatic carbocycles. The second-order valence-electron chi connectivity index (χ2n) is 5.41. The molecule has 1 amide bonds. The Morgan fingerprint density at radius 2 is 2.29 bits per heavy atom. The first-order chi connectivity index (χ1) is 10.0. The highest BCUT2D eigenvalue weighted by atomic mass is 32.1. The summed E-state index contributed by atoms with van der Waals surface area (Å²) in [6.07, 6.45) is 3.03. The Bertz CT molecular complexity index is 689. The van der Waals surface area contributed by atoms with E-state index >= 15 is 0 Å². The van der Waals surface area contributed by atoms with Gasteiger partial charge in [-0.25, -0.2) is 4.39 Å². The standard InChI is InChI=1S/C15H17FN2O2S/c1-20-15(5-2-6-15)8-18-14(19)13-12(17)10-7-9(16)3-4-11(10)21-13/h3-4,7H,2,5-6,8,17H2,1H3,(H,18,19). The topological polar surface area (TPSA) is 64.3 Å². The van der Waals surface area contributed by atoms with Crippen LogP contribution in [0.25, 0.3) is 10.1 Å². The second kappa shape index (κ2) is 5.27. The molecular formula is C15H17FN2O2S. The van der Waals surface area contributed by atoms with E-state index < -0.39 is 0 Å². The molecule has 2 aromatic rings. The van der Waals surface area contributed by atoms with Gasteiger partial charge in [0.25, 0.3) is 5.91 Å². The summed E-state index contributed by atoms with van der Waals surface area (Å²) in [6, 6.07) is 4.37. The minimum absolute atomic E-state index is 0.225. The molecule has 0 radical (unpaired) electrons. The Balaban J connectivity index is 1.80. The van der Waals surface area contributed by atoms with Gasteiger partial charge in [-0.05, 0) is 37.5 Å². The van der Waals surface area contributed by atoms with Crippen molar-refractivity contribution in [2.45, 2.75) is 24.9 Å². The zero-order valence-corrected chi connectivity index (χ0v) is 12.6. The first-order valence-electron chi connectivity index (χ1n) is 6.85. The van der Waals surface area contributed by atoms with Crippen molar-refractivity contribution in [3.63, 3.8) is 0 Å². The summed E-state index contributed by atoms with van der Waals surface area (Å²) in [6.45, 7) is 0.477. The van der Waals surface area contributed by atoms with Crippen molar-refractivity contribution in [3.8, 4) is 0 Å². The van der Waals surface area contributed by atoms with Gasteiger partial charge in [-0.15, -0.1) is 11.3 Å². The molecule has 112 valence electrons. The zero-order valence-electron chi connectivity index (χ0n) is 11.7. The summed E-state index contributed by atoms with van der Waals surface area (Å²) >= 11 is 1.28. The third kappa shape index (κ3) is 2.49. The summed E-state index contributed by atoms with van der Waals surface area (Å²) in [5.74, 6) is -0.579. The predicted octanol–water partition coefficient (Wildman–Crippen LogP) is 2.92. The number of rotatable bonds is 4. The monoisotopic (exact) mass is 308 g/mol. The van der Waals surface area contributed by atoms with E-state index in [2.05, 4.69) is 5.32 Å². The Morgan fingerprint density at radius 1 is 1.52 bits per heavy atom. The minimum Gasteiger partial charge on any atom is -0.397 e. The summed E-state index contributed by atoms with van der Waals surface area (Å²) in [5.41, 5.74) is 6.09. The van der Waals surface area contributed by atoms with E-state index in [0.717, 1.165) is 24.0 Å². The van der Waals surface area contributed by atoms with Crippen LogP contribution >= 0.6 is 11.3 Å². The van der Waals surface area contributed by atoms with Crippen LogP contribution in [-0.4, -0.2) is 25.2 Å². The lowest BCUT2D eigenvalue weighted by atomic mass is 9.80. The van der Waals surface area contributed by atoms with Gasteiger partial charge in [0.15, 0.2) is 0 Å². The fourth-order valence-corrected chi connectivity index (χ4v) is 3.62. The van der Waals surface area contributed by atoms with Gasteiger partial charge in [0, 0.05) is 23.7 Å². The molecule has 3 N–H and O–H groups in total. The molecule has 21 heavy (non-hydrogen) atoms. The van der Waals surface area contributed by atoms with E-state index in [9.17, 15) is 9.18 Å². The van der Waals surface area contributed by atoms with Crippen molar-refractivity contribution in [2.24, 2.45) is 0 Å². The van der Waals surface area contributed by atoms with Gasteiger partial charge in [0.1, 0.15) is 10.7 Å². The first kappa shape index (κ1) is 14.3. The Labute approximate surface area is 126 Å².